The molecule has 0 aliphatic heterocycles. The first kappa shape index (κ1) is 17.9. The van der Waals surface area contributed by atoms with Gasteiger partial charge < -0.3 is 4.90 Å². The fourth-order valence-corrected chi connectivity index (χ4v) is 3.00. The molecule has 0 aliphatic rings. The van der Waals surface area contributed by atoms with Gasteiger partial charge in [0.1, 0.15) is 0 Å². The molecule has 0 fully saturated rings. The Morgan fingerprint density at radius 3 is 2.19 bits per heavy atom. The molecular weight excluding hydrogens is 322 g/mol. The van der Waals surface area contributed by atoms with Crippen LogP contribution >= 0.6 is 0 Å². The number of aryl methyl sites for hydroxylation is 3. The van der Waals surface area contributed by atoms with Crippen LogP contribution in [0.15, 0.2) is 66.7 Å². The molecule has 134 valence electrons. The molecule has 0 unspecified atom stereocenters. The highest BCUT2D eigenvalue weighted by Gasteiger charge is 2.19. The molecule has 26 heavy (non-hydrogen) atoms. The van der Waals surface area contributed by atoms with Crippen LogP contribution in [-0.4, -0.2) is 27.1 Å². The van der Waals surface area contributed by atoms with Crippen molar-refractivity contribution in [2.45, 2.75) is 26.3 Å². The predicted molar refractivity (Wildman–Crippen MR) is 104 cm³/mol. The van der Waals surface area contributed by atoms with E-state index in [2.05, 4.69) is 41.5 Å². The van der Waals surface area contributed by atoms with Crippen LogP contribution in [0.3, 0.4) is 0 Å². The van der Waals surface area contributed by atoms with E-state index in [9.17, 15) is 4.79 Å². The Hall–Kier alpha value is -2.88. The Morgan fingerprint density at radius 2 is 1.62 bits per heavy atom. The molecule has 0 N–H and O–H groups in total. The lowest BCUT2D eigenvalue weighted by molar-refractivity contribution is 0.0734. The third kappa shape index (κ3) is 4.60. The predicted octanol–water partition coefficient (Wildman–Crippen LogP) is 4.00. The zero-order chi connectivity index (χ0) is 18.4. The molecule has 1 heterocycles. The van der Waals surface area contributed by atoms with Crippen molar-refractivity contribution in [3.05, 3.63) is 89.2 Å². The van der Waals surface area contributed by atoms with Crippen LogP contribution in [-0.2, 0) is 20.0 Å². The van der Waals surface area contributed by atoms with Gasteiger partial charge in [-0.2, -0.15) is 5.10 Å². The van der Waals surface area contributed by atoms with Crippen LogP contribution in [0.5, 0.6) is 0 Å². The summed E-state index contributed by atoms with van der Waals surface area (Å²) in [5.41, 5.74) is 3.93. The second-order valence-electron chi connectivity index (χ2n) is 6.60. The first-order valence-electron chi connectivity index (χ1n) is 9.01. The summed E-state index contributed by atoms with van der Waals surface area (Å²) >= 11 is 0. The number of carbonyl (C=O) groups excluding carboxylic acids is 1. The topological polar surface area (TPSA) is 38.1 Å². The van der Waals surface area contributed by atoms with E-state index in [1.165, 1.54) is 5.56 Å². The molecule has 0 saturated heterocycles. The molecular formula is C22H25N3O. The smallest absolute Gasteiger partial charge is 0.274 e. The maximum absolute atomic E-state index is 13.0. The minimum atomic E-state index is -0.00869. The SMILES string of the molecule is Cc1cc(C(=O)N(CCCc2ccccc2)Cc2ccccc2)nn1C. The molecule has 0 aliphatic carbocycles. The molecule has 0 radical (unpaired) electrons. The molecule has 0 saturated carbocycles. The highest BCUT2D eigenvalue weighted by atomic mass is 16.2. The second-order valence-corrected chi connectivity index (χ2v) is 6.60. The van der Waals surface area contributed by atoms with E-state index in [1.54, 1.807) is 4.68 Å². The minimum Gasteiger partial charge on any atom is -0.333 e. The van der Waals surface area contributed by atoms with E-state index >= 15 is 0 Å². The Labute approximate surface area is 155 Å². The first-order chi connectivity index (χ1) is 12.6. The standard InChI is InChI=1S/C22H25N3O/c1-18-16-21(23-24(18)2)22(26)25(17-20-12-7-4-8-13-20)15-9-14-19-10-5-3-6-11-19/h3-8,10-13,16H,9,14-15,17H2,1-2H3. The van der Waals surface area contributed by atoms with E-state index in [4.69, 9.17) is 0 Å². The van der Waals surface area contributed by atoms with E-state index in [-0.39, 0.29) is 5.91 Å². The fraction of sp³-hybridized carbons (Fsp3) is 0.273. The van der Waals surface area contributed by atoms with E-state index in [0.717, 1.165) is 24.1 Å². The molecule has 0 atom stereocenters. The molecule has 0 bridgehead atoms. The highest BCUT2D eigenvalue weighted by Crippen LogP contribution is 2.12. The number of amides is 1. The lowest BCUT2D eigenvalue weighted by Gasteiger charge is -2.22. The number of rotatable bonds is 7. The zero-order valence-corrected chi connectivity index (χ0v) is 15.4. The summed E-state index contributed by atoms with van der Waals surface area (Å²) in [6, 6.07) is 22.4. The Kier molecular flexibility index (Phi) is 5.84. The number of hydrogen-bond acceptors (Lipinski definition) is 2. The molecule has 0 spiro atoms. The largest absolute Gasteiger partial charge is 0.333 e. The number of nitrogens with zero attached hydrogens (tertiary/aromatic N) is 3. The summed E-state index contributed by atoms with van der Waals surface area (Å²) in [4.78, 5) is 14.9. The van der Waals surface area contributed by atoms with Crippen LogP contribution in [0.4, 0.5) is 0 Å². The van der Waals surface area contributed by atoms with Crippen molar-refractivity contribution in [3.8, 4) is 0 Å². The van der Waals surface area contributed by atoms with Gasteiger partial charge in [-0.05, 0) is 37.0 Å². The van der Waals surface area contributed by atoms with E-state index < -0.39 is 0 Å². The lowest BCUT2D eigenvalue weighted by atomic mass is 10.1. The molecule has 4 heteroatoms. The van der Waals surface area contributed by atoms with E-state index in [1.807, 2.05) is 49.2 Å². The van der Waals surface area contributed by atoms with Crippen molar-refractivity contribution in [2.24, 2.45) is 7.05 Å². The van der Waals surface area contributed by atoms with Gasteiger partial charge in [0.25, 0.3) is 5.91 Å². The van der Waals surface area contributed by atoms with Crippen molar-refractivity contribution in [1.29, 1.82) is 0 Å². The number of hydrogen-bond donors (Lipinski definition) is 0. The molecule has 3 rings (SSSR count). The van der Waals surface area contributed by atoms with Gasteiger partial charge >= 0.3 is 0 Å². The van der Waals surface area contributed by atoms with Gasteiger partial charge in [0.2, 0.25) is 0 Å². The number of benzene rings is 2. The third-order valence-corrected chi connectivity index (χ3v) is 4.57. The molecule has 3 aromatic rings. The van der Waals surface area contributed by atoms with Crippen molar-refractivity contribution in [2.75, 3.05) is 6.54 Å². The van der Waals surface area contributed by atoms with Crippen LogP contribution < -0.4 is 0 Å². The summed E-state index contributed by atoms with van der Waals surface area (Å²) < 4.78 is 1.75. The van der Waals surface area contributed by atoms with Gasteiger partial charge in [-0.1, -0.05) is 60.7 Å². The van der Waals surface area contributed by atoms with Crippen LogP contribution in [0.1, 0.15) is 33.7 Å². The van der Waals surface area contributed by atoms with Crippen LogP contribution in [0, 0.1) is 6.92 Å². The molecule has 1 amide bonds. The average molecular weight is 347 g/mol. The van der Waals surface area contributed by atoms with Crippen molar-refractivity contribution in [1.82, 2.24) is 14.7 Å². The third-order valence-electron chi connectivity index (χ3n) is 4.57. The number of aromatic nitrogens is 2. The van der Waals surface area contributed by atoms with Gasteiger partial charge in [-0.15, -0.1) is 0 Å². The number of carbonyl (C=O) groups is 1. The normalized spacial score (nSPS) is 10.7. The average Bonchev–Trinajstić information content (AvgIpc) is 3.01. The lowest BCUT2D eigenvalue weighted by Crippen LogP contribution is -2.32. The first-order valence-corrected chi connectivity index (χ1v) is 9.01. The van der Waals surface area contributed by atoms with Gasteiger partial charge in [-0.3, -0.25) is 9.48 Å². The van der Waals surface area contributed by atoms with Gasteiger partial charge in [0.05, 0.1) is 0 Å². The summed E-state index contributed by atoms with van der Waals surface area (Å²) in [6.45, 7) is 3.27. The Bertz CT molecular complexity index is 821. The molecule has 1 aromatic heterocycles. The molecule has 2 aromatic carbocycles. The van der Waals surface area contributed by atoms with Gasteiger partial charge in [-0.25, -0.2) is 0 Å². The minimum absolute atomic E-state index is 0.00869. The summed E-state index contributed by atoms with van der Waals surface area (Å²) in [5.74, 6) is -0.00869. The summed E-state index contributed by atoms with van der Waals surface area (Å²) in [5, 5.41) is 4.36. The summed E-state index contributed by atoms with van der Waals surface area (Å²) in [6.07, 6.45) is 1.88. The zero-order valence-electron chi connectivity index (χ0n) is 15.4. The maximum atomic E-state index is 13.0. The Morgan fingerprint density at radius 1 is 1.00 bits per heavy atom. The van der Waals surface area contributed by atoms with Crippen molar-refractivity contribution >= 4 is 5.91 Å². The maximum Gasteiger partial charge on any atom is 0.274 e. The van der Waals surface area contributed by atoms with Crippen molar-refractivity contribution in [3.63, 3.8) is 0 Å². The van der Waals surface area contributed by atoms with Crippen LogP contribution in [0.2, 0.25) is 0 Å². The van der Waals surface area contributed by atoms with Crippen molar-refractivity contribution < 1.29 is 4.79 Å². The monoisotopic (exact) mass is 347 g/mol. The fourth-order valence-electron chi connectivity index (χ4n) is 3.00. The van der Waals surface area contributed by atoms with E-state index in [0.29, 0.717) is 18.8 Å². The highest BCUT2D eigenvalue weighted by molar-refractivity contribution is 5.92. The van der Waals surface area contributed by atoms with Crippen LogP contribution in [0.25, 0.3) is 0 Å². The second kappa shape index (κ2) is 8.48. The summed E-state index contributed by atoms with van der Waals surface area (Å²) in [7, 11) is 1.86. The molecule has 4 nitrogen and oxygen atoms in total. The Balaban J connectivity index is 1.71. The van der Waals surface area contributed by atoms with Gasteiger partial charge in [0.15, 0.2) is 5.69 Å². The quantitative estimate of drug-likeness (QED) is 0.648. The van der Waals surface area contributed by atoms with Gasteiger partial charge in [0, 0.05) is 25.8 Å².